The fourth-order valence-corrected chi connectivity index (χ4v) is 1.64. The van der Waals surface area contributed by atoms with Gasteiger partial charge in [-0.3, -0.25) is 4.90 Å². The Balaban J connectivity index is 2.11. The van der Waals surface area contributed by atoms with Crippen LogP contribution >= 0.6 is 0 Å². The molecule has 0 amide bonds. The van der Waals surface area contributed by atoms with Crippen molar-refractivity contribution in [2.45, 2.75) is 6.04 Å². The van der Waals surface area contributed by atoms with Gasteiger partial charge in [-0.05, 0) is 7.05 Å². The lowest BCUT2D eigenvalue weighted by atomic mass is 10.1. The first-order valence-corrected chi connectivity index (χ1v) is 6.24. The molecule has 1 aliphatic heterocycles. The standard InChI is InChI=1S/C7H17N3O2S/c1-10(7-5-8-6-7)4-3-9-13(2,11)12/h7-9H,3-6H2,1-2H3. The number of likely N-dealkylation sites (N-methyl/N-ethyl adjacent to an activating group) is 1. The topological polar surface area (TPSA) is 61.4 Å². The summed E-state index contributed by atoms with van der Waals surface area (Å²) in [5.41, 5.74) is 0. The molecule has 0 unspecified atom stereocenters. The van der Waals surface area contributed by atoms with Crippen LogP contribution in [-0.2, 0) is 10.0 Å². The molecular weight excluding hydrogens is 190 g/mol. The molecule has 2 N–H and O–H groups in total. The largest absolute Gasteiger partial charge is 0.314 e. The molecule has 0 aromatic heterocycles. The molecule has 0 aromatic rings. The van der Waals surface area contributed by atoms with Crippen molar-refractivity contribution in [3.8, 4) is 0 Å². The average molecular weight is 207 g/mol. The summed E-state index contributed by atoms with van der Waals surface area (Å²) in [5.74, 6) is 0. The molecule has 0 aromatic carbocycles. The molecule has 0 atom stereocenters. The van der Waals surface area contributed by atoms with Crippen LogP contribution in [0.25, 0.3) is 0 Å². The van der Waals surface area contributed by atoms with Gasteiger partial charge in [0.05, 0.1) is 6.26 Å². The number of nitrogens with zero attached hydrogens (tertiary/aromatic N) is 1. The van der Waals surface area contributed by atoms with E-state index in [-0.39, 0.29) is 0 Å². The first kappa shape index (κ1) is 10.9. The van der Waals surface area contributed by atoms with Crippen LogP contribution < -0.4 is 10.0 Å². The van der Waals surface area contributed by atoms with Gasteiger partial charge in [0.25, 0.3) is 0 Å². The van der Waals surface area contributed by atoms with Crippen molar-refractivity contribution in [3.63, 3.8) is 0 Å². The molecule has 1 saturated heterocycles. The second-order valence-corrected chi connectivity index (χ2v) is 5.29. The third-order valence-electron chi connectivity index (χ3n) is 2.21. The van der Waals surface area contributed by atoms with E-state index >= 15 is 0 Å². The number of nitrogens with one attached hydrogen (secondary N) is 2. The normalized spacial score (nSPS) is 19.0. The smallest absolute Gasteiger partial charge is 0.208 e. The molecule has 6 heteroatoms. The van der Waals surface area contributed by atoms with Crippen molar-refractivity contribution in [2.75, 3.05) is 39.5 Å². The Bertz CT molecular complexity index is 248. The maximum atomic E-state index is 10.7. The minimum atomic E-state index is -3.03. The summed E-state index contributed by atoms with van der Waals surface area (Å²) in [7, 11) is -1.02. The minimum absolute atomic E-state index is 0.492. The maximum Gasteiger partial charge on any atom is 0.208 e. The van der Waals surface area contributed by atoms with E-state index in [1.807, 2.05) is 7.05 Å². The van der Waals surface area contributed by atoms with Crippen LogP contribution in [0.2, 0.25) is 0 Å². The van der Waals surface area contributed by atoms with Gasteiger partial charge in [0, 0.05) is 32.2 Å². The summed E-state index contributed by atoms with van der Waals surface area (Å²) in [6, 6.07) is 0.571. The van der Waals surface area contributed by atoms with Crippen LogP contribution in [-0.4, -0.2) is 58.8 Å². The van der Waals surface area contributed by atoms with Gasteiger partial charge in [-0.15, -0.1) is 0 Å². The highest BCUT2D eigenvalue weighted by Crippen LogP contribution is 2.00. The second-order valence-electron chi connectivity index (χ2n) is 3.46. The lowest BCUT2D eigenvalue weighted by Gasteiger charge is -2.35. The van der Waals surface area contributed by atoms with Crippen molar-refractivity contribution >= 4 is 10.0 Å². The van der Waals surface area contributed by atoms with E-state index < -0.39 is 10.0 Å². The minimum Gasteiger partial charge on any atom is -0.314 e. The van der Waals surface area contributed by atoms with E-state index in [0.29, 0.717) is 12.6 Å². The van der Waals surface area contributed by atoms with Crippen LogP contribution in [0.4, 0.5) is 0 Å². The summed E-state index contributed by atoms with van der Waals surface area (Å²) in [4.78, 5) is 2.16. The molecule has 13 heavy (non-hydrogen) atoms. The molecule has 1 aliphatic rings. The average Bonchev–Trinajstić information content (AvgIpc) is 1.79. The molecule has 0 bridgehead atoms. The van der Waals surface area contributed by atoms with E-state index in [4.69, 9.17) is 0 Å². The maximum absolute atomic E-state index is 10.7. The number of hydrogen-bond donors (Lipinski definition) is 2. The van der Waals surface area contributed by atoms with E-state index in [1.165, 1.54) is 6.26 Å². The highest BCUT2D eigenvalue weighted by atomic mass is 32.2. The number of sulfonamides is 1. The van der Waals surface area contributed by atoms with Gasteiger partial charge < -0.3 is 5.32 Å². The number of hydrogen-bond acceptors (Lipinski definition) is 4. The van der Waals surface area contributed by atoms with Gasteiger partial charge in [-0.1, -0.05) is 0 Å². The summed E-state index contributed by atoms with van der Waals surface area (Å²) < 4.78 is 23.9. The fraction of sp³-hybridized carbons (Fsp3) is 1.00. The molecular formula is C7H17N3O2S. The predicted molar refractivity (Wildman–Crippen MR) is 52.1 cm³/mol. The third-order valence-corrected chi connectivity index (χ3v) is 2.94. The van der Waals surface area contributed by atoms with Gasteiger partial charge in [-0.2, -0.15) is 0 Å². The van der Waals surface area contributed by atoms with Crippen molar-refractivity contribution in [2.24, 2.45) is 0 Å². The van der Waals surface area contributed by atoms with Crippen LogP contribution in [0, 0.1) is 0 Å². The summed E-state index contributed by atoms with van der Waals surface area (Å²) >= 11 is 0. The van der Waals surface area contributed by atoms with Crippen molar-refractivity contribution in [1.29, 1.82) is 0 Å². The Labute approximate surface area is 79.5 Å². The molecule has 0 aliphatic carbocycles. The zero-order valence-corrected chi connectivity index (χ0v) is 8.89. The molecule has 5 nitrogen and oxygen atoms in total. The van der Waals surface area contributed by atoms with Crippen molar-refractivity contribution < 1.29 is 8.42 Å². The SMILES string of the molecule is CN(CCNS(C)(=O)=O)C1CNC1. The first-order chi connectivity index (χ1) is 5.99. The summed E-state index contributed by atoms with van der Waals surface area (Å²) in [6.45, 7) is 3.27. The lowest BCUT2D eigenvalue weighted by Crippen LogP contribution is -2.56. The Morgan fingerprint density at radius 3 is 2.54 bits per heavy atom. The van der Waals surface area contributed by atoms with Crippen LogP contribution in [0.3, 0.4) is 0 Å². The Morgan fingerprint density at radius 1 is 1.54 bits per heavy atom. The summed E-state index contributed by atoms with van der Waals surface area (Å²) in [6.07, 6.45) is 1.18. The third kappa shape index (κ3) is 4.04. The predicted octanol–water partition coefficient (Wildman–Crippen LogP) is -1.56. The fourth-order valence-electron chi connectivity index (χ4n) is 1.18. The Hall–Kier alpha value is -0.170. The van der Waals surface area contributed by atoms with Gasteiger partial charge >= 0.3 is 0 Å². The molecule has 0 saturated carbocycles. The highest BCUT2D eigenvalue weighted by molar-refractivity contribution is 7.88. The molecule has 0 radical (unpaired) electrons. The summed E-state index contributed by atoms with van der Waals surface area (Å²) in [5, 5.41) is 3.17. The Morgan fingerprint density at radius 2 is 2.15 bits per heavy atom. The second kappa shape index (κ2) is 4.36. The monoisotopic (exact) mass is 207 g/mol. The zero-order valence-electron chi connectivity index (χ0n) is 8.08. The quantitative estimate of drug-likeness (QED) is 0.572. The van der Waals surface area contributed by atoms with Crippen molar-refractivity contribution in [1.82, 2.24) is 14.9 Å². The van der Waals surface area contributed by atoms with E-state index in [1.54, 1.807) is 0 Å². The zero-order chi connectivity index (χ0) is 9.90. The van der Waals surface area contributed by atoms with Gasteiger partial charge in [0.1, 0.15) is 0 Å². The molecule has 1 rings (SSSR count). The van der Waals surface area contributed by atoms with Crippen LogP contribution in [0.1, 0.15) is 0 Å². The Kier molecular flexibility index (Phi) is 3.66. The lowest BCUT2D eigenvalue weighted by molar-refractivity contribution is 0.183. The first-order valence-electron chi connectivity index (χ1n) is 4.34. The van der Waals surface area contributed by atoms with Crippen LogP contribution in [0.5, 0.6) is 0 Å². The van der Waals surface area contributed by atoms with Crippen molar-refractivity contribution in [3.05, 3.63) is 0 Å². The van der Waals surface area contributed by atoms with E-state index in [9.17, 15) is 8.42 Å². The van der Waals surface area contributed by atoms with E-state index in [2.05, 4.69) is 14.9 Å². The highest BCUT2D eigenvalue weighted by Gasteiger charge is 2.20. The van der Waals surface area contributed by atoms with Gasteiger partial charge in [0.15, 0.2) is 0 Å². The van der Waals surface area contributed by atoms with Gasteiger partial charge in [-0.25, -0.2) is 13.1 Å². The molecule has 78 valence electrons. The van der Waals surface area contributed by atoms with Crippen LogP contribution in [0.15, 0.2) is 0 Å². The molecule has 0 spiro atoms. The van der Waals surface area contributed by atoms with Gasteiger partial charge in [0.2, 0.25) is 10.0 Å². The number of rotatable bonds is 5. The van der Waals surface area contributed by atoms with E-state index in [0.717, 1.165) is 19.6 Å². The molecule has 1 fully saturated rings. The molecule has 1 heterocycles.